The molecule has 2 aromatic rings. The Morgan fingerprint density at radius 3 is 2.62 bits per heavy atom. The quantitative estimate of drug-likeness (QED) is 0.875. The second kappa shape index (κ2) is 6.20. The smallest absolute Gasteiger partial charge is 0.261 e. The van der Waals surface area contributed by atoms with E-state index in [1.54, 1.807) is 43.3 Å². The normalized spacial score (nSPS) is 16.9. The molecule has 3 heterocycles. The zero-order valence-electron chi connectivity index (χ0n) is 13.9. The first-order chi connectivity index (χ1) is 11.4. The lowest BCUT2D eigenvalue weighted by Crippen LogP contribution is -2.46. The van der Waals surface area contributed by atoms with Crippen molar-refractivity contribution in [2.45, 2.75) is 32.3 Å². The van der Waals surface area contributed by atoms with E-state index in [2.05, 4.69) is 9.97 Å². The highest BCUT2D eigenvalue weighted by Crippen LogP contribution is 2.32. The van der Waals surface area contributed by atoms with Crippen LogP contribution in [0.25, 0.3) is 0 Å². The number of carbonyl (C=O) groups is 1. The van der Waals surface area contributed by atoms with E-state index >= 15 is 0 Å². The number of aromatic nitrogens is 2. The lowest BCUT2D eigenvalue weighted by molar-refractivity contribution is -0.0214. The number of likely N-dealkylation sites (tertiary alicyclic amines) is 1. The number of hydrogen-bond donors (Lipinski definition) is 2. The van der Waals surface area contributed by atoms with Gasteiger partial charge in [-0.2, -0.15) is 0 Å². The summed E-state index contributed by atoms with van der Waals surface area (Å²) in [5, 5.41) is 10.8. The van der Waals surface area contributed by atoms with Crippen molar-refractivity contribution >= 4 is 5.91 Å². The molecule has 0 unspecified atom stereocenters. The van der Waals surface area contributed by atoms with Crippen LogP contribution in [0.1, 0.15) is 40.0 Å². The number of H-pyrrole nitrogens is 1. The molecule has 0 atom stereocenters. The minimum atomic E-state index is -0.972. The van der Waals surface area contributed by atoms with E-state index in [1.807, 2.05) is 6.07 Å². The van der Waals surface area contributed by atoms with Crippen molar-refractivity contribution in [3.8, 4) is 0 Å². The lowest BCUT2D eigenvalue weighted by Gasteiger charge is -2.38. The number of pyridine rings is 2. The number of piperidine rings is 1. The number of amides is 1. The van der Waals surface area contributed by atoms with Crippen LogP contribution in [0.5, 0.6) is 0 Å². The molecule has 1 saturated heterocycles. The van der Waals surface area contributed by atoms with E-state index in [0.29, 0.717) is 31.5 Å². The van der Waals surface area contributed by atoms with Crippen LogP contribution in [0.4, 0.5) is 0 Å². The number of rotatable bonds is 2. The molecule has 0 radical (unpaired) electrons. The van der Waals surface area contributed by atoms with Gasteiger partial charge in [0.2, 0.25) is 0 Å². The molecule has 0 aliphatic carbocycles. The average molecular weight is 327 g/mol. The van der Waals surface area contributed by atoms with Crippen LogP contribution in [-0.4, -0.2) is 39.0 Å². The zero-order chi connectivity index (χ0) is 17.3. The Kier molecular flexibility index (Phi) is 4.24. The lowest BCUT2D eigenvalue weighted by atomic mass is 9.85. The van der Waals surface area contributed by atoms with Crippen molar-refractivity contribution in [3.05, 3.63) is 63.3 Å². The highest BCUT2D eigenvalue weighted by Gasteiger charge is 2.36. The number of aromatic amines is 1. The monoisotopic (exact) mass is 327 g/mol. The SMILES string of the molecule is Cc1cc(C)c(C(=O)N2CCC(O)(c3cccnc3)CC2)c(=O)[nH]1. The van der Waals surface area contributed by atoms with Crippen molar-refractivity contribution in [2.24, 2.45) is 0 Å². The Balaban J connectivity index is 1.78. The molecule has 0 bridgehead atoms. The molecule has 1 fully saturated rings. The van der Waals surface area contributed by atoms with Crippen molar-refractivity contribution in [2.75, 3.05) is 13.1 Å². The highest BCUT2D eigenvalue weighted by atomic mass is 16.3. The summed E-state index contributed by atoms with van der Waals surface area (Å²) in [4.78, 5) is 33.2. The number of aryl methyl sites for hydroxylation is 2. The first-order valence-corrected chi connectivity index (χ1v) is 8.03. The second-order valence-corrected chi connectivity index (χ2v) is 6.40. The van der Waals surface area contributed by atoms with Gasteiger partial charge in [-0.05, 0) is 44.4 Å². The number of aliphatic hydroxyl groups is 1. The van der Waals surface area contributed by atoms with Gasteiger partial charge < -0.3 is 15.0 Å². The number of nitrogens with zero attached hydrogens (tertiary/aromatic N) is 2. The van der Waals surface area contributed by atoms with Crippen LogP contribution in [-0.2, 0) is 5.60 Å². The third-order valence-corrected chi connectivity index (χ3v) is 4.66. The molecular formula is C18H21N3O3. The summed E-state index contributed by atoms with van der Waals surface area (Å²) in [6, 6.07) is 5.43. The molecule has 3 rings (SSSR count). The maximum absolute atomic E-state index is 12.7. The molecule has 0 aromatic carbocycles. The molecule has 6 nitrogen and oxygen atoms in total. The first kappa shape index (κ1) is 16.4. The van der Waals surface area contributed by atoms with E-state index < -0.39 is 5.60 Å². The summed E-state index contributed by atoms with van der Waals surface area (Å²) in [5.41, 5.74) is 1.03. The van der Waals surface area contributed by atoms with Gasteiger partial charge in [0.1, 0.15) is 5.56 Å². The standard InChI is InChI=1S/C18H21N3O3/c1-12-10-13(2)20-16(22)15(12)17(23)21-8-5-18(24,6-9-21)14-4-3-7-19-11-14/h3-4,7,10-11,24H,5-6,8-9H2,1-2H3,(H,20,22). The van der Waals surface area contributed by atoms with Gasteiger partial charge in [0.15, 0.2) is 0 Å². The third-order valence-electron chi connectivity index (χ3n) is 4.66. The van der Waals surface area contributed by atoms with Crippen molar-refractivity contribution in [3.63, 3.8) is 0 Å². The molecule has 0 saturated carbocycles. The Morgan fingerprint density at radius 1 is 1.33 bits per heavy atom. The Hall–Kier alpha value is -2.47. The predicted molar refractivity (Wildman–Crippen MR) is 89.8 cm³/mol. The van der Waals surface area contributed by atoms with Gasteiger partial charge >= 0.3 is 0 Å². The Morgan fingerprint density at radius 2 is 2.04 bits per heavy atom. The number of nitrogens with one attached hydrogen (secondary N) is 1. The van der Waals surface area contributed by atoms with E-state index in [0.717, 1.165) is 11.3 Å². The van der Waals surface area contributed by atoms with Crippen molar-refractivity contribution in [1.82, 2.24) is 14.9 Å². The van der Waals surface area contributed by atoms with Crippen LogP contribution in [0.3, 0.4) is 0 Å². The summed E-state index contributed by atoms with van der Waals surface area (Å²) in [7, 11) is 0. The fraction of sp³-hybridized carbons (Fsp3) is 0.389. The minimum Gasteiger partial charge on any atom is -0.385 e. The molecule has 1 aliphatic rings. The minimum absolute atomic E-state index is 0.187. The second-order valence-electron chi connectivity index (χ2n) is 6.40. The maximum atomic E-state index is 12.7. The largest absolute Gasteiger partial charge is 0.385 e. The number of hydrogen-bond acceptors (Lipinski definition) is 4. The zero-order valence-corrected chi connectivity index (χ0v) is 13.9. The maximum Gasteiger partial charge on any atom is 0.261 e. The summed E-state index contributed by atoms with van der Waals surface area (Å²) in [6.07, 6.45) is 4.17. The molecule has 1 aliphatic heterocycles. The molecular weight excluding hydrogens is 306 g/mol. The fourth-order valence-corrected chi connectivity index (χ4v) is 3.28. The van der Waals surface area contributed by atoms with Gasteiger partial charge in [-0.3, -0.25) is 14.6 Å². The number of carbonyl (C=O) groups excluding carboxylic acids is 1. The average Bonchev–Trinajstić information content (AvgIpc) is 2.55. The third kappa shape index (κ3) is 2.97. The molecule has 24 heavy (non-hydrogen) atoms. The van der Waals surface area contributed by atoms with Crippen molar-refractivity contribution in [1.29, 1.82) is 0 Å². The first-order valence-electron chi connectivity index (χ1n) is 8.03. The van der Waals surface area contributed by atoms with E-state index in [4.69, 9.17) is 0 Å². The van der Waals surface area contributed by atoms with Crippen LogP contribution in [0.15, 0.2) is 35.4 Å². The predicted octanol–water partition coefficient (Wildman–Crippen LogP) is 1.51. The molecule has 0 spiro atoms. The van der Waals surface area contributed by atoms with Gasteiger partial charge in [-0.1, -0.05) is 6.07 Å². The van der Waals surface area contributed by atoms with E-state index in [9.17, 15) is 14.7 Å². The van der Waals surface area contributed by atoms with Gasteiger partial charge in [-0.15, -0.1) is 0 Å². The Bertz CT molecular complexity index is 806. The van der Waals surface area contributed by atoms with E-state index in [1.165, 1.54) is 0 Å². The van der Waals surface area contributed by atoms with Crippen LogP contribution >= 0.6 is 0 Å². The molecule has 6 heteroatoms. The fourth-order valence-electron chi connectivity index (χ4n) is 3.28. The summed E-state index contributed by atoms with van der Waals surface area (Å²) < 4.78 is 0. The van der Waals surface area contributed by atoms with Gasteiger partial charge in [0, 0.05) is 36.7 Å². The topological polar surface area (TPSA) is 86.3 Å². The van der Waals surface area contributed by atoms with Crippen LogP contribution in [0, 0.1) is 13.8 Å². The molecule has 126 valence electrons. The van der Waals surface area contributed by atoms with Crippen molar-refractivity contribution < 1.29 is 9.90 Å². The summed E-state index contributed by atoms with van der Waals surface area (Å²) in [5.74, 6) is -0.276. The van der Waals surface area contributed by atoms with Crippen LogP contribution < -0.4 is 5.56 Å². The molecule has 2 N–H and O–H groups in total. The highest BCUT2D eigenvalue weighted by molar-refractivity contribution is 5.95. The van der Waals surface area contributed by atoms with E-state index in [-0.39, 0.29) is 17.0 Å². The molecule has 1 amide bonds. The summed E-state index contributed by atoms with van der Waals surface area (Å²) in [6.45, 7) is 4.36. The molecule has 2 aromatic heterocycles. The Labute approximate surface area is 140 Å². The van der Waals surface area contributed by atoms with Crippen LogP contribution in [0.2, 0.25) is 0 Å². The van der Waals surface area contributed by atoms with Gasteiger partial charge in [-0.25, -0.2) is 0 Å². The van der Waals surface area contributed by atoms with Gasteiger partial charge in [0.25, 0.3) is 11.5 Å². The summed E-state index contributed by atoms with van der Waals surface area (Å²) >= 11 is 0. The van der Waals surface area contributed by atoms with Gasteiger partial charge in [0.05, 0.1) is 5.60 Å².